The van der Waals surface area contributed by atoms with Gasteiger partial charge in [0.2, 0.25) is 10.0 Å². The fourth-order valence-corrected chi connectivity index (χ4v) is 4.25. The molecule has 0 fully saturated rings. The molecule has 0 aliphatic rings. The average Bonchev–Trinajstić information content (AvgIpc) is 2.88. The molecule has 1 N–H and O–H groups in total. The summed E-state index contributed by atoms with van der Waals surface area (Å²) in [5, 5.41) is 19.8. The van der Waals surface area contributed by atoms with Gasteiger partial charge in [-0.2, -0.15) is 14.5 Å². The molecule has 0 radical (unpaired) electrons. The molecule has 11 heteroatoms. The van der Waals surface area contributed by atoms with Crippen molar-refractivity contribution in [1.82, 2.24) is 14.1 Å². The summed E-state index contributed by atoms with van der Waals surface area (Å²) in [6, 6.07) is 3.72. The van der Waals surface area contributed by atoms with Gasteiger partial charge in [0.15, 0.2) is 0 Å². The number of aryl methyl sites for hydroxylation is 2. The molecule has 28 heavy (non-hydrogen) atoms. The number of nitro groups is 1. The standard InChI is InChI=1S/C17H24N6O4S/c1-6-22(7-2)28(26,27)14-8-9-16(17(10-14)23(24)25)19-18-11-15-12(3)20-21(5)13(15)4/h8-11,19H,6-7H2,1-5H3/b18-11+. The lowest BCUT2D eigenvalue weighted by Gasteiger charge is -2.18. The maximum Gasteiger partial charge on any atom is 0.295 e. The molecule has 1 heterocycles. The van der Waals surface area contributed by atoms with Gasteiger partial charge in [0.1, 0.15) is 5.69 Å². The summed E-state index contributed by atoms with van der Waals surface area (Å²) in [6.45, 7) is 7.70. The van der Waals surface area contributed by atoms with Crippen molar-refractivity contribution in [2.75, 3.05) is 18.5 Å². The highest BCUT2D eigenvalue weighted by molar-refractivity contribution is 7.89. The van der Waals surface area contributed by atoms with Crippen LogP contribution in [0.25, 0.3) is 0 Å². The van der Waals surface area contributed by atoms with Crippen LogP contribution in [0, 0.1) is 24.0 Å². The van der Waals surface area contributed by atoms with Gasteiger partial charge in [-0.1, -0.05) is 13.8 Å². The van der Waals surface area contributed by atoms with Crippen molar-refractivity contribution in [2.24, 2.45) is 12.1 Å². The van der Waals surface area contributed by atoms with Crippen LogP contribution < -0.4 is 5.43 Å². The SMILES string of the molecule is CCN(CC)S(=O)(=O)c1ccc(N/N=C/c2c(C)nn(C)c2C)c([N+](=O)[O-])c1. The third-order valence-electron chi connectivity index (χ3n) is 4.45. The first kappa shape index (κ1) is 21.5. The van der Waals surface area contributed by atoms with E-state index in [1.165, 1.54) is 22.7 Å². The lowest BCUT2D eigenvalue weighted by atomic mass is 10.2. The van der Waals surface area contributed by atoms with E-state index in [0.717, 1.165) is 23.0 Å². The summed E-state index contributed by atoms with van der Waals surface area (Å²) >= 11 is 0. The molecular weight excluding hydrogens is 384 g/mol. The van der Waals surface area contributed by atoms with Gasteiger partial charge in [0.25, 0.3) is 5.69 Å². The Labute approximate surface area is 164 Å². The molecule has 0 saturated carbocycles. The molecule has 0 amide bonds. The first-order valence-corrected chi connectivity index (χ1v) is 10.1. The fraction of sp³-hybridized carbons (Fsp3) is 0.412. The largest absolute Gasteiger partial charge is 0.295 e. The van der Waals surface area contributed by atoms with Gasteiger partial charge < -0.3 is 0 Å². The van der Waals surface area contributed by atoms with Crippen LogP contribution in [0.5, 0.6) is 0 Å². The molecule has 2 aromatic rings. The molecule has 0 aliphatic heterocycles. The second-order valence-corrected chi connectivity index (χ2v) is 8.04. The van der Waals surface area contributed by atoms with Crippen LogP contribution in [0.2, 0.25) is 0 Å². The first-order valence-electron chi connectivity index (χ1n) is 8.71. The number of hydrogen-bond donors (Lipinski definition) is 1. The zero-order valence-corrected chi connectivity index (χ0v) is 17.3. The number of anilines is 1. The second-order valence-electron chi connectivity index (χ2n) is 6.10. The highest BCUT2D eigenvalue weighted by Crippen LogP contribution is 2.29. The van der Waals surface area contributed by atoms with Crippen LogP contribution in [0.1, 0.15) is 30.8 Å². The molecule has 10 nitrogen and oxygen atoms in total. The number of nitro benzene ring substituents is 1. The van der Waals surface area contributed by atoms with Crippen molar-refractivity contribution in [3.8, 4) is 0 Å². The lowest BCUT2D eigenvalue weighted by molar-refractivity contribution is -0.384. The first-order chi connectivity index (χ1) is 13.1. The van der Waals surface area contributed by atoms with Crippen molar-refractivity contribution in [3.05, 3.63) is 45.3 Å². The normalized spacial score (nSPS) is 12.1. The predicted molar refractivity (Wildman–Crippen MR) is 107 cm³/mol. The smallest absolute Gasteiger partial charge is 0.272 e. The van der Waals surface area contributed by atoms with Crippen LogP contribution in [-0.4, -0.2) is 46.7 Å². The summed E-state index contributed by atoms with van der Waals surface area (Å²) in [5.41, 5.74) is 4.83. The summed E-state index contributed by atoms with van der Waals surface area (Å²) in [4.78, 5) is 10.7. The van der Waals surface area contributed by atoms with E-state index in [9.17, 15) is 18.5 Å². The van der Waals surface area contributed by atoms with Gasteiger partial charge in [-0.25, -0.2) is 8.42 Å². The van der Waals surface area contributed by atoms with Gasteiger partial charge in [0.05, 0.1) is 21.7 Å². The summed E-state index contributed by atoms with van der Waals surface area (Å²) in [7, 11) is -1.98. The molecule has 1 aromatic carbocycles. The Morgan fingerprint density at radius 1 is 1.32 bits per heavy atom. The monoisotopic (exact) mass is 408 g/mol. The number of rotatable bonds is 8. The van der Waals surface area contributed by atoms with E-state index in [0.29, 0.717) is 0 Å². The lowest BCUT2D eigenvalue weighted by Crippen LogP contribution is -2.30. The van der Waals surface area contributed by atoms with Crippen LogP contribution in [0.3, 0.4) is 0 Å². The molecule has 0 unspecified atom stereocenters. The predicted octanol–water partition coefficient (Wildman–Crippen LogP) is 2.42. The molecule has 2 rings (SSSR count). The highest BCUT2D eigenvalue weighted by Gasteiger charge is 2.25. The quantitative estimate of drug-likeness (QED) is 0.406. The van der Waals surface area contributed by atoms with Crippen molar-refractivity contribution in [1.29, 1.82) is 0 Å². The maximum atomic E-state index is 12.6. The molecule has 0 aliphatic carbocycles. The Kier molecular flexibility index (Phi) is 6.52. The second kappa shape index (κ2) is 8.48. The summed E-state index contributed by atoms with van der Waals surface area (Å²) in [5.74, 6) is 0. The average molecular weight is 408 g/mol. The highest BCUT2D eigenvalue weighted by atomic mass is 32.2. The fourth-order valence-electron chi connectivity index (χ4n) is 2.77. The molecular formula is C17H24N6O4S. The Morgan fingerprint density at radius 3 is 2.46 bits per heavy atom. The van der Waals surface area contributed by atoms with Gasteiger partial charge in [-0.3, -0.25) is 20.2 Å². The molecule has 0 saturated heterocycles. The number of benzene rings is 1. The summed E-state index contributed by atoms with van der Waals surface area (Å²) in [6.07, 6.45) is 1.53. The van der Waals surface area contributed by atoms with Crippen molar-refractivity contribution >= 4 is 27.6 Å². The molecule has 0 spiro atoms. The topological polar surface area (TPSA) is 123 Å². The number of hydrazone groups is 1. The van der Waals surface area contributed by atoms with E-state index in [2.05, 4.69) is 15.6 Å². The number of sulfonamides is 1. The van der Waals surface area contributed by atoms with Gasteiger partial charge in [-0.15, -0.1) is 0 Å². The Hall–Kier alpha value is -2.79. The van der Waals surface area contributed by atoms with Crippen molar-refractivity contribution in [3.63, 3.8) is 0 Å². The van der Waals surface area contributed by atoms with Gasteiger partial charge >= 0.3 is 0 Å². The van der Waals surface area contributed by atoms with E-state index in [1.807, 2.05) is 20.9 Å². The minimum Gasteiger partial charge on any atom is -0.272 e. The van der Waals surface area contributed by atoms with Crippen molar-refractivity contribution in [2.45, 2.75) is 32.6 Å². The van der Waals surface area contributed by atoms with Crippen LogP contribution in [0.4, 0.5) is 11.4 Å². The van der Waals surface area contributed by atoms with Crippen LogP contribution in [0.15, 0.2) is 28.2 Å². The minimum absolute atomic E-state index is 0.0962. The van der Waals surface area contributed by atoms with Gasteiger partial charge in [0, 0.05) is 37.5 Å². The van der Waals surface area contributed by atoms with E-state index in [-0.39, 0.29) is 29.4 Å². The molecule has 0 bridgehead atoms. The number of nitrogens with one attached hydrogen (secondary N) is 1. The third kappa shape index (κ3) is 4.20. The van der Waals surface area contributed by atoms with E-state index in [4.69, 9.17) is 0 Å². The molecule has 1 aromatic heterocycles. The van der Waals surface area contributed by atoms with Gasteiger partial charge in [-0.05, 0) is 26.0 Å². The van der Waals surface area contributed by atoms with Crippen LogP contribution >= 0.6 is 0 Å². The number of hydrogen-bond acceptors (Lipinski definition) is 7. The van der Waals surface area contributed by atoms with E-state index in [1.54, 1.807) is 18.5 Å². The number of aromatic nitrogens is 2. The maximum absolute atomic E-state index is 12.6. The number of nitrogens with zero attached hydrogens (tertiary/aromatic N) is 5. The van der Waals surface area contributed by atoms with E-state index < -0.39 is 14.9 Å². The Bertz CT molecular complexity index is 1010. The Morgan fingerprint density at radius 2 is 1.96 bits per heavy atom. The Balaban J connectivity index is 2.36. The van der Waals surface area contributed by atoms with Crippen LogP contribution in [-0.2, 0) is 17.1 Å². The molecule has 152 valence electrons. The van der Waals surface area contributed by atoms with E-state index >= 15 is 0 Å². The zero-order chi connectivity index (χ0) is 21.1. The third-order valence-corrected chi connectivity index (χ3v) is 6.50. The van der Waals surface area contributed by atoms with Crippen molar-refractivity contribution < 1.29 is 13.3 Å². The zero-order valence-electron chi connectivity index (χ0n) is 16.5. The minimum atomic E-state index is -3.79. The molecule has 0 atom stereocenters. The summed E-state index contributed by atoms with van der Waals surface area (Å²) < 4.78 is 28.2.